The van der Waals surface area contributed by atoms with Gasteiger partial charge < -0.3 is 29.5 Å². The monoisotopic (exact) mass is 516 g/mol. The molecule has 2 saturated heterocycles. The first-order valence-electron chi connectivity index (χ1n) is 13.0. The van der Waals surface area contributed by atoms with Gasteiger partial charge in [0.25, 0.3) is 0 Å². The number of hydrogen-bond donors (Lipinski definition) is 2. The molecular formula is C29H32N4O5. The van der Waals surface area contributed by atoms with Crippen molar-refractivity contribution in [2.45, 2.75) is 44.2 Å². The first kappa shape index (κ1) is 24.5. The Balaban J connectivity index is 1.05. The Morgan fingerprint density at radius 2 is 1.66 bits per heavy atom. The summed E-state index contributed by atoms with van der Waals surface area (Å²) >= 11 is 0. The zero-order chi connectivity index (χ0) is 26.3. The lowest BCUT2D eigenvalue weighted by molar-refractivity contribution is -0.127. The van der Waals surface area contributed by atoms with E-state index in [0.717, 1.165) is 49.0 Å². The number of carboxylic acid groups (broad SMARTS) is 1. The molecular weight excluding hydrogens is 484 g/mol. The van der Waals surface area contributed by atoms with Crippen LogP contribution in [0.1, 0.15) is 37.8 Å². The van der Waals surface area contributed by atoms with Gasteiger partial charge in [-0.2, -0.15) is 4.98 Å². The Morgan fingerprint density at radius 3 is 2.24 bits per heavy atom. The first-order valence-corrected chi connectivity index (χ1v) is 13.0. The van der Waals surface area contributed by atoms with Crippen molar-refractivity contribution in [1.82, 2.24) is 15.3 Å². The van der Waals surface area contributed by atoms with Crippen LogP contribution >= 0.6 is 0 Å². The summed E-state index contributed by atoms with van der Waals surface area (Å²) in [7, 11) is 0. The number of benzene rings is 2. The molecule has 2 N–H and O–H groups in total. The molecule has 1 amide bonds. The lowest BCUT2D eigenvalue weighted by atomic mass is 9.78. The fourth-order valence-electron chi connectivity index (χ4n) is 5.36. The van der Waals surface area contributed by atoms with E-state index in [-0.39, 0.29) is 17.6 Å². The Labute approximate surface area is 221 Å². The molecule has 1 spiro atoms. The molecule has 1 saturated carbocycles. The highest BCUT2D eigenvalue weighted by atomic mass is 16.5. The second-order valence-electron chi connectivity index (χ2n) is 11.2. The number of carbonyl (C=O) groups is 1. The molecule has 3 aliphatic rings. The van der Waals surface area contributed by atoms with Crippen molar-refractivity contribution < 1.29 is 24.1 Å². The summed E-state index contributed by atoms with van der Waals surface area (Å²) in [4.78, 5) is 21.9. The molecule has 1 aromatic heterocycles. The number of amides is 1. The van der Waals surface area contributed by atoms with E-state index in [1.54, 1.807) is 6.20 Å². The van der Waals surface area contributed by atoms with E-state index in [0.29, 0.717) is 30.0 Å². The zero-order valence-electron chi connectivity index (χ0n) is 21.6. The fourth-order valence-corrected chi connectivity index (χ4v) is 5.36. The lowest BCUT2D eigenvalue weighted by Crippen LogP contribution is -2.66. The van der Waals surface area contributed by atoms with Crippen LogP contribution in [-0.2, 0) is 10.2 Å². The van der Waals surface area contributed by atoms with E-state index < -0.39 is 6.09 Å². The molecule has 9 nitrogen and oxygen atoms in total. The maximum absolute atomic E-state index is 10.7. The number of hydrogen-bond acceptors (Lipinski definition) is 7. The number of rotatable bonds is 8. The molecule has 2 aliphatic heterocycles. The topological polar surface area (TPSA) is 106 Å². The standard InChI is InChI=1S/C29H32N4O5/c1-28(2,19-3-7-22(8-4-19)37-24-13-21(14-24)31-27(34)35)20-5-9-23(10-6-20)38-26-30-12-11-25(32-26)33-15-29(16-33)17-36-18-29/h3-12,21,24,31H,13-18H2,1-2H3,(H,34,35)/t21-,24+. The number of ether oxygens (including phenoxy) is 3. The molecule has 38 heavy (non-hydrogen) atoms. The molecule has 3 aromatic rings. The molecule has 198 valence electrons. The predicted molar refractivity (Wildman–Crippen MR) is 141 cm³/mol. The minimum Gasteiger partial charge on any atom is -0.490 e. The summed E-state index contributed by atoms with van der Waals surface area (Å²) in [5.41, 5.74) is 2.42. The highest BCUT2D eigenvalue weighted by molar-refractivity contribution is 5.65. The SMILES string of the molecule is CC(C)(c1ccc(Oc2nccc(N3CC4(COC4)C3)n2)cc1)c1ccc(O[C@H]2C[C@@H](NC(=O)O)C2)cc1. The summed E-state index contributed by atoms with van der Waals surface area (Å²) in [6.45, 7) is 7.98. The predicted octanol–water partition coefficient (Wildman–Crippen LogP) is 4.61. The smallest absolute Gasteiger partial charge is 0.404 e. The normalized spacial score (nSPS) is 21.6. The molecule has 0 radical (unpaired) electrons. The van der Waals surface area contributed by atoms with Crippen LogP contribution < -0.4 is 19.7 Å². The molecule has 2 aromatic carbocycles. The van der Waals surface area contributed by atoms with E-state index in [1.807, 2.05) is 30.3 Å². The quantitative estimate of drug-likeness (QED) is 0.447. The van der Waals surface area contributed by atoms with Crippen molar-refractivity contribution in [3.8, 4) is 17.5 Å². The lowest BCUT2D eigenvalue weighted by Gasteiger charge is -2.55. The van der Waals surface area contributed by atoms with Gasteiger partial charge in [-0.15, -0.1) is 0 Å². The largest absolute Gasteiger partial charge is 0.490 e. The molecule has 0 bridgehead atoms. The molecule has 0 atom stereocenters. The van der Waals surface area contributed by atoms with Gasteiger partial charge in [0.2, 0.25) is 0 Å². The molecule has 0 unspecified atom stereocenters. The molecule has 9 heteroatoms. The van der Waals surface area contributed by atoms with Crippen LogP contribution in [0.5, 0.6) is 17.5 Å². The van der Waals surface area contributed by atoms with Crippen LogP contribution in [0.4, 0.5) is 10.6 Å². The molecule has 6 rings (SSSR count). The van der Waals surface area contributed by atoms with Crippen molar-refractivity contribution >= 4 is 11.9 Å². The van der Waals surface area contributed by atoms with Gasteiger partial charge in [-0.3, -0.25) is 0 Å². The van der Waals surface area contributed by atoms with Crippen LogP contribution in [0.15, 0.2) is 60.8 Å². The summed E-state index contributed by atoms with van der Waals surface area (Å²) in [5, 5.41) is 11.3. The van der Waals surface area contributed by atoms with E-state index in [1.165, 1.54) is 0 Å². The maximum atomic E-state index is 10.7. The second-order valence-corrected chi connectivity index (χ2v) is 11.2. The second kappa shape index (κ2) is 9.47. The van der Waals surface area contributed by atoms with E-state index >= 15 is 0 Å². The van der Waals surface area contributed by atoms with Crippen molar-refractivity contribution in [1.29, 1.82) is 0 Å². The van der Waals surface area contributed by atoms with Gasteiger partial charge in [-0.25, -0.2) is 9.78 Å². The summed E-state index contributed by atoms with van der Waals surface area (Å²) in [5.74, 6) is 2.37. The number of anilines is 1. The number of nitrogens with zero attached hydrogens (tertiary/aromatic N) is 3. The first-order chi connectivity index (χ1) is 18.3. The Bertz CT molecular complexity index is 1290. The summed E-state index contributed by atoms with van der Waals surface area (Å²) < 4.78 is 17.3. The fraction of sp³-hybridized carbons (Fsp3) is 0.414. The molecule has 3 heterocycles. The highest BCUT2D eigenvalue weighted by Gasteiger charge is 2.49. The van der Waals surface area contributed by atoms with Gasteiger partial charge >= 0.3 is 12.1 Å². The van der Waals surface area contributed by atoms with Gasteiger partial charge in [0, 0.05) is 43.6 Å². The minimum atomic E-state index is -0.984. The van der Waals surface area contributed by atoms with Crippen LogP contribution in [0.2, 0.25) is 0 Å². The van der Waals surface area contributed by atoms with E-state index in [4.69, 9.17) is 19.3 Å². The van der Waals surface area contributed by atoms with Gasteiger partial charge in [0.1, 0.15) is 23.4 Å². The minimum absolute atomic E-state index is 0.0197. The van der Waals surface area contributed by atoms with Crippen molar-refractivity contribution in [3.63, 3.8) is 0 Å². The van der Waals surface area contributed by atoms with Gasteiger partial charge in [0.05, 0.1) is 18.6 Å². The van der Waals surface area contributed by atoms with Gasteiger partial charge in [-0.1, -0.05) is 38.1 Å². The van der Waals surface area contributed by atoms with Crippen LogP contribution in [0.25, 0.3) is 0 Å². The highest BCUT2D eigenvalue weighted by Crippen LogP contribution is 2.40. The number of aromatic nitrogens is 2. The average Bonchev–Trinajstić information content (AvgIpc) is 2.82. The third kappa shape index (κ3) is 4.86. The van der Waals surface area contributed by atoms with Crippen LogP contribution in [-0.4, -0.2) is 59.6 Å². The van der Waals surface area contributed by atoms with Crippen molar-refractivity contribution in [3.05, 3.63) is 71.9 Å². The Morgan fingerprint density at radius 1 is 1.03 bits per heavy atom. The number of nitrogens with one attached hydrogen (secondary N) is 1. The van der Waals surface area contributed by atoms with Gasteiger partial charge in [0.15, 0.2) is 0 Å². The van der Waals surface area contributed by atoms with Crippen LogP contribution in [0, 0.1) is 5.41 Å². The van der Waals surface area contributed by atoms with Crippen molar-refractivity contribution in [2.75, 3.05) is 31.2 Å². The third-order valence-corrected chi connectivity index (χ3v) is 7.90. The third-order valence-electron chi connectivity index (χ3n) is 7.90. The average molecular weight is 517 g/mol. The Kier molecular flexibility index (Phi) is 6.10. The maximum Gasteiger partial charge on any atom is 0.404 e. The summed E-state index contributed by atoms with van der Waals surface area (Å²) in [6.07, 6.45) is 2.18. The Hall–Kier alpha value is -3.85. The van der Waals surface area contributed by atoms with Gasteiger partial charge in [-0.05, 0) is 41.5 Å². The molecule has 3 fully saturated rings. The zero-order valence-corrected chi connectivity index (χ0v) is 21.6. The van der Waals surface area contributed by atoms with Crippen molar-refractivity contribution in [2.24, 2.45) is 5.41 Å². The van der Waals surface area contributed by atoms with E-state index in [9.17, 15) is 4.79 Å². The van der Waals surface area contributed by atoms with Crippen LogP contribution in [0.3, 0.4) is 0 Å². The van der Waals surface area contributed by atoms with E-state index in [2.05, 4.69) is 58.3 Å². The molecule has 1 aliphatic carbocycles. The summed E-state index contributed by atoms with van der Waals surface area (Å²) in [6, 6.07) is 18.4.